The highest BCUT2D eigenvalue weighted by molar-refractivity contribution is 5.70. The fourth-order valence-electron chi connectivity index (χ4n) is 2.72. The van der Waals surface area contributed by atoms with Gasteiger partial charge in [-0.2, -0.15) is 0 Å². The second-order valence-corrected chi connectivity index (χ2v) is 7.21. The van der Waals surface area contributed by atoms with Gasteiger partial charge in [0.25, 0.3) is 0 Å². The van der Waals surface area contributed by atoms with Crippen molar-refractivity contribution in [2.24, 2.45) is 0 Å². The van der Waals surface area contributed by atoms with Crippen molar-refractivity contribution in [1.82, 2.24) is 4.90 Å². The third-order valence-electron chi connectivity index (χ3n) is 3.63. The maximum absolute atomic E-state index is 12.6. The molecule has 1 aliphatic heterocycles. The number of ether oxygens (including phenoxy) is 2. The zero-order chi connectivity index (χ0) is 18.0. The lowest BCUT2D eigenvalue weighted by Gasteiger charge is -2.35. The minimum absolute atomic E-state index is 0.350. The smallest absolute Gasteiger partial charge is 0.412 e. The Morgan fingerprint density at radius 1 is 1.43 bits per heavy atom. The Kier molecular flexibility index (Phi) is 6.20. The highest BCUT2D eigenvalue weighted by atomic mass is 16.6. The minimum atomic E-state index is -1.36. The molecule has 0 aromatic rings. The normalized spacial score (nSPS) is 26.7. The fourth-order valence-corrected chi connectivity index (χ4v) is 2.72. The van der Waals surface area contributed by atoms with E-state index in [0.717, 1.165) is 0 Å². The van der Waals surface area contributed by atoms with Crippen LogP contribution in [0, 0.1) is 0 Å². The maximum atomic E-state index is 12.6. The van der Waals surface area contributed by atoms with Gasteiger partial charge in [-0.3, -0.25) is 4.90 Å². The van der Waals surface area contributed by atoms with E-state index in [1.165, 1.54) is 4.90 Å². The van der Waals surface area contributed by atoms with Crippen molar-refractivity contribution in [2.45, 2.75) is 76.7 Å². The largest absolute Gasteiger partial charge is 0.444 e. The van der Waals surface area contributed by atoms with E-state index in [9.17, 15) is 15.0 Å². The van der Waals surface area contributed by atoms with E-state index in [0.29, 0.717) is 6.42 Å². The van der Waals surface area contributed by atoms with E-state index < -0.39 is 48.4 Å². The molecule has 23 heavy (non-hydrogen) atoms. The molecule has 0 radical (unpaired) electrons. The lowest BCUT2D eigenvalue weighted by Crippen LogP contribution is -2.51. The zero-order valence-electron chi connectivity index (χ0n) is 14.5. The molecule has 7 nitrogen and oxygen atoms in total. The lowest BCUT2D eigenvalue weighted by molar-refractivity contribution is -0.131. The Hall–Kier alpha value is -1.15. The molecule has 0 aromatic carbocycles. The number of amides is 1. The lowest BCUT2D eigenvalue weighted by atomic mass is 9.98. The van der Waals surface area contributed by atoms with E-state index >= 15 is 0 Å². The van der Waals surface area contributed by atoms with Gasteiger partial charge in [0, 0.05) is 0 Å². The molecule has 0 saturated carbocycles. The maximum Gasteiger partial charge on any atom is 0.412 e. The van der Waals surface area contributed by atoms with Crippen LogP contribution in [0.15, 0.2) is 12.7 Å². The van der Waals surface area contributed by atoms with Gasteiger partial charge >= 0.3 is 6.09 Å². The number of aliphatic hydroxyl groups excluding tert-OH is 3. The van der Waals surface area contributed by atoms with E-state index in [4.69, 9.17) is 14.6 Å². The van der Waals surface area contributed by atoms with Crippen molar-refractivity contribution in [3.8, 4) is 0 Å². The predicted octanol–water partition coefficient (Wildman–Crippen LogP) is 1.02. The summed E-state index contributed by atoms with van der Waals surface area (Å²) in [6, 6.07) is -0.562. The molecule has 1 saturated heterocycles. The molecule has 4 unspecified atom stereocenters. The molecule has 4 atom stereocenters. The van der Waals surface area contributed by atoms with Crippen LogP contribution in [0.5, 0.6) is 0 Å². The van der Waals surface area contributed by atoms with Gasteiger partial charge in [-0.15, -0.1) is 6.58 Å². The van der Waals surface area contributed by atoms with E-state index in [2.05, 4.69) is 6.58 Å². The van der Waals surface area contributed by atoms with Gasteiger partial charge in [-0.05, 0) is 41.0 Å². The van der Waals surface area contributed by atoms with Crippen LogP contribution >= 0.6 is 0 Å². The number of nitrogens with zero attached hydrogens (tertiary/aromatic N) is 1. The first kappa shape index (κ1) is 19.9. The molecule has 3 N–H and O–H groups in total. The number of hydrogen-bond donors (Lipinski definition) is 3. The molecule has 1 rings (SSSR count). The van der Waals surface area contributed by atoms with Crippen LogP contribution in [0.4, 0.5) is 4.79 Å². The number of aliphatic hydroxyl groups is 3. The summed E-state index contributed by atoms with van der Waals surface area (Å²) in [6.07, 6.45) is -2.17. The molecule has 1 aliphatic rings. The van der Waals surface area contributed by atoms with Crippen LogP contribution in [0.3, 0.4) is 0 Å². The summed E-state index contributed by atoms with van der Waals surface area (Å²) in [6.45, 7) is 11.7. The number of carbonyl (C=O) groups excluding carboxylic acids is 1. The molecule has 0 bridgehead atoms. The molecule has 0 aliphatic carbocycles. The monoisotopic (exact) mass is 331 g/mol. The summed E-state index contributed by atoms with van der Waals surface area (Å²) in [4.78, 5) is 14.0. The van der Waals surface area contributed by atoms with Gasteiger partial charge in [0.05, 0.1) is 12.6 Å². The van der Waals surface area contributed by atoms with Crippen molar-refractivity contribution in [2.75, 3.05) is 6.61 Å². The van der Waals surface area contributed by atoms with Crippen molar-refractivity contribution in [1.29, 1.82) is 0 Å². The summed E-state index contributed by atoms with van der Waals surface area (Å²) in [5.74, 6) is 0. The number of rotatable bonds is 5. The van der Waals surface area contributed by atoms with Crippen molar-refractivity contribution < 1.29 is 29.6 Å². The van der Waals surface area contributed by atoms with Gasteiger partial charge in [0.15, 0.2) is 0 Å². The first-order valence-electron chi connectivity index (χ1n) is 7.72. The molecule has 7 heteroatoms. The minimum Gasteiger partial charge on any atom is -0.444 e. The van der Waals surface area contributed by atoms with E-state index in [-0.39, 0.29) is 0 Å². The van der Waals surface area contributed by atoms with Crippen LogP contribution in [-0.4, -0.2) is 68.6 Å². The van der Waals surface area contributed by atoms with E-state index in [1.807, 2.05) is 0 Å². The summed E-state index contributed by atoms with van der Waals surface area (Å²) in [5, 5.41) is 29.0. The molecule has 0 spiro atoms. The van der Waals surface area contributed by atoms with Gasteiger partial charge in [0.1, 0.15) is 29.6 Å². The van der Waals surface area contributed by atoms with Gasteiger partial charge in [-0.25, -0.2) is 4.79 Å². The quantitative estimate of drug-likeness (QED) is 0.651. The molecular formula is C16H29NO6. The van der Waals surface area contributed by atoms with Crippen molar-refractivity contribution in [3.05, 3.63) is 12.7 Å². The van der Waals surface area contributed by atoms with Gasteiger partial charge in [-0.1, -0.05) is 6.08 Å². The Bertz CT molecular complexity index is 431. The predicted molar refractivity (Wildman–Crippen MR) is 84.7 cm³/mol. The highest BCUT2D eigenvalue weighted by Crippen LogP contribution is 2.37. The van der Waals surface area contributed by atoms with Gasteiger partial charge in [0.2, 0.25) is 0 Å². The fraction of sp³-hybridized carbons (Fsp3) is 0.812. The summed E-state index contributed by atoms with van der Waals surface area (Å²) in [5.41, 5.74) is -1.70. The van der Waals surface area contributed by atoms with Crippen LogP contribution in [0.25, 0.3) is 0 Å². The molecule has 0 aromatic heterocycles. The third-order valence-corrected chi connectivity index (χ3v) is 3.63. The third kappa shape index (κ3) is 4.67. The Balaban J connectivity index is 3.11. The molecule has 1 amide bonds. The molecular weight excluding hydrogens is 302 g/mol. The first-order valence-corrected chi connectivity index (χ1v) is 7.72. The topological polar surface area (TPSA) is 99.5 Å². The Morgan fingerprint density at radius 2 is 2.00 bits per heavy atom. The van der Waals surface area contributed by atoms with Gasteiger partial charge < -0.3 is 24.8 Å². The highest BCUT2D eigenvalue weighted by Gasteiger charge is 2.53. The molecule has 1 fully saturated rings. The van der Waals surface area contributed by atoms with Crippen molar-refractivity contribution in [3.63, 3.8) is 0 Å². The zero-order valence-corrected chi connectivity index (χ0v) is 14.5. The summed E-state index contributed by atoms with van der Waals surface area (Å²) in [7, 11) is 0. The number of carbonyl (C=O) groups is 1. The average molecular weight is 331 g/mol. The Labute approximate surface area is 137 Å². The second-order valence-electron chi connectivity index (χ2n) is 7.21. The van der Waals surface area contributed by atoms with Crippen LogP contribution in [-0.2, 0) is 9.47 Å². The average Bonchev–Trinajstić information content (AvgIpc) is 2.66. The summed E-state index contributed by atoms with van der Waals surface area (Å²) < 4.78 is 11.2. The van der Waals surface area contributed by atoms with Crippen LogP contribution in [0.2, 0.25) is 0 Å². The second kappa shape index (κ2) is 7.17. The van der Waals surface area contributed by atoms with E-state index in [1.54, 1.807) is 40.7 Å². The molecule has 1 heterocycles. The SMILES string of the molecule is C=CCC1C(C(O)C(O)CO)OC(C)(C)N1C(=O)OC(C)(C)C. The summed E-state index contributed by atoms with van der Waals surface area (Å²) >= 11 is 0. The van der Waals surface area contributed by atoms with Crippen molar-refractivity contribution >= 4 is 6.09 Å². The number of hydrogen-bond acceptors (Lipinski definition) is 6. The standard InChI is InChI=1S/C16H29NO6/c1-7-8-10-13(12(20)11(19)9-18)22-16(5,6)17(10)14(21)23-15(2,3)4/h7,10-13,18-20H,1,8-9H2,2-6H3. The first-order chi connectivity index (χ1) is 10.4. The Morgan fingerprint density at radius 3 is 2.43 bits per heavy atom. The van der Waals surface area contributed by atoms with Crippen LogP contribution < -0.4 is 0 Å². The van der Waals surface area contributed by atoms with Crippen LogP contribution in [0.1, 0.15) is 41.0 Å². The molecule has 134 valence electrons.